The van der Waals surface area contributed by atoms with Gasteiger partial charge in [0.25, 0.3) is 5.91 Å². The largest absolute Gasteiger partial charge is 0.480 e. The van der Waals surface area contributed by atoms with Crippen LogP contribution in [0.5, 0.6) is 0 Å². The Hall–Kier alpha value is -1.85. The predicted molar refractivity (Wildman–Crippen MR) is 50.3 cm³/mol. The summed E-state index contributed by atoms with van der Waals surface area (Å²) in [5.41, 5.74) is 0.0809. The second-order valence-corrected chi connectivity index (χ2v) is 3.04. The molecule has 15 heavy (non-hydrogen) atoms. The average molecular weight is 212 g/mol. The second-order valence-electron chi connectivity index (χ2n) is 3.04. The maximum absolute atomic E-state index is 11.4. The van der Waals surface area contributed by atoms with Crippen molar-refractivity contribution in [1.29, 1.82) is 0 Å². The van der Waals surface area contributed by atoms with Gasteiger partial charge in [-0.25, -0.2) is 4.79 Å². The Morgan fingerprint density at radius 1 is 1.67 bits per heavy atom. The molecule has 0 aliphatic heterocycles. The van der Waals surface area contributed by atoms with Crippen LogP contribution >= 0.6 is 0 Å². The Bertz CT molecular complexity index is 334. The molecule has 0 saturated heterocycles. The number of carbonyl (C=O) groups is 2. The van der Waals surface area contributed by atoms with Crippen molar-refractivity contribution in [3.63, 3.8) is 0 Å². The molecule has 1 rings (SSSR count). The minimum absolute atomic E-state index is 0.0809. The van der Waals surface area contributed by atoms with Gasteiger partial charge in [-0.15, -0.1) is 0 Å². The first-order valence-electron chi connectivity index (χ1n) is 4.59. The first kappa shape index (κ1) is 11.2. The normalized spacial score (nSPS) is 12.1. The third-order valence-corrected chi connectivity index (χ3v) is 1.85. The van der Waals surface area contributed by atoms with Crippen LogP contribution in [0.3, 0.4) is 0 Å². The molecule has 0 bridgehead atoms. The highest BCUT2D eigenvalue weighted by molar-refractivity contribution is 5.94. The Balaban J connectivity index is 2.59. The maximum Gasteiger partial charge on any atom is 0.326 e. The molecule has 1 aromatic rings. The topological polar surface area (TPSA) is 92.4 Å². The molecule has 0 saturated carbocycles. The first-order valence-corrected chi connectivity index (χ1v) is 4.59. The third-order valence-electron chi connectivity index (χ3n) is 1.85. The van der Waals surface area contributed by atoms with Crippen LogP contribution in [0.2, 0.25) is 0 Å². The Morgan fingerprint density at radius 3 is 2.87 bits per heavy atom. The van der Waals surface area contributed by atoms with Crippen molar-refractivity contribution in [2.24, 2.45) is 0 Å². The van der Waals surface area contributed by atoms with Crippen LogP contribution in [-0.2, 0) is 4.79 Å². The van der Waals surface area contributed by atoms with Gasteiger partial charge in [0.1, 0.15) is 12.3 Å². The zero-order valence-electron chi connectivity index (χ0n) is 8.27. The second kappa shape index (κ2) is 5.14. The third kappa shape index (κ3) is 3.08. The van der Waals surface area contributed by atoms with Crippen molar-refractivity contribution in [2.75, 3.05) is 0 Å². The molecule has 0 aromatic carbocycles. The number of aliphatic carboxylic acids is 1. The lowest BCUT2D eigenvalue weighted by molar-refractivity contribution is -0.139. The van der Waals surface area contributed by atoms with Crippen molar-refractivity contribution in [1.82, 2.24) is 10.5 Å². The van der Waals surface area contributed by atoms with Crippen molar-refractivity contribution in [2.45, 2.75) is 25.8 Å². The first-order chi connectivity index (χ1) is 7.15. The van der Waals surface area contributed by atoms with E-state index in [9.17, 15) is 9.59 Å². The lowest BCUT2D eigenvalue weighted by Gasteiger charge is -2.11. The lowest BCUT2D eigenvalue weighted by atomic mass is 10.1. The van der Waals surface area contributed by atoms with Gasteiger partial charge in [0.05, 0.1) is 0 Å². The standard InChI is InChI=1S/C9H12N2O4/c1-2-3-7(9(13)14)10-8(12)6-4-5-15-11-6/h4-5,7H,2-3H2,1H3,(H,10,12)(H,13,14)/t7-/m0/s1. The summed E-state index contributed by atoms with van der Waals surface area (Å²) in [5, 5.41) is 14.6. The number of hydrogen-bond donors (Lipinski definition) is 2. The summed E-state index contributed by atoms with van der Waals surface area (Å²) in [7, 11) is 0. The minimum Gasteiger partial charge on any atom is -0.480 e. The van der Waals surface area contributed by atoms with Crippen LogP contribution in [-0.4, -0.2) is 28.2 Å². The van der Waals surface area contributed by atoms with E-state index in [4.69, 9.17) is 5.11 Å². The van der Waals surface area contributed by atoms with Gasteiger partial charge in [0.2, 0.25) is 0 Å². The number of hydrogen-bond acceptors (Lipinski definition) is 4. The molecule has 0 aliphatic rings. The van der Waals surface area contributed by atoms with E-state index >= 15 is 0 Å². The van der Waals surface area contributed by atoms with Crippen LogP contribution in [0.25, 0.3) is 0 Å². The zero-order valence-corrected chi connectivity index (χ0v) is 8.27. The van der Waals surface area contributed by atoms with Gasteiger partial charge in [-0.1, -0.05) is 18.5 Å². The zero-order chi connectivity index (χ0) is 11.3. The summed E-state index contributed by atoms with van der Waals surface area (Å²) in [6.07, 6.45) is 2.32. The number of rotatable bonds is 5. The van der Waals surface area contributed by atoms with Gasteiger partial charge in [-0.2, -0.15) is 0 Å². The summed E-state index contributed by atoms with van der Waals surface area (Å²) in [5.74, 6) is -1.58. The highest BCUT2D eigenvalue weighted by Crippen LogP contribution is 2.00. The van der Waals surface area contributed by atoms with E-state index < -0.39 is 17.9 Å². The lowest BCUT2D eigenvalue weighted by Crippen LogP contribution is -2.40. The van der Waals surface area contributed by atoms with Crippen LogP contribution in [0, 0.1) is 0 Å². The number of amides is 1. The van der Waals surface area contributed by atoms with Gasteiger partial charge in [0.15, 0.2) is 5.69 Å². The number of carbonyl (C=O) groups excluding carboxylic acids is 1. The van der Waals surface area contributed by atoms with Crippen LogP contribution in [0.1, 0.15) is 30.3 Å². The Labute approximate surface area is 86.3 Å². The SMILES string of the molecule is CCC[C@H](NC(=O)c1ccon1)C(=O)O. The van der Waals surface area contributed by atoms with E-state index in [0.717, 1.165) is 0 Å². The van der Waals surface area contributed by atoms with Crippen molar-refractivity contribution < 1.29 is 19.2 Å². The summed E-state index contributed by atoms with van der Waals surface area (Å²) in [6, 6.07) is 0.499. The van der Waals surface area contributed by atoms with Crippen LogP contribution in [0.4, 0.5) is 0 Å². The van der Waals surface area contributed by atoms with Gasteiger partial charge in [0, 0.05) is 6.07 Å². The van der Waals surface area contributed by atoms with Crippen molar-refractivity contribution >= 4 is 11.9 Å². The van der Waals surface area contributed by atoms with E-state index in [1.807, 2.05) is 6.92 Å². The molecule has 1 amide bonds. The number of nitrogens with zero attached hydrogens (tertiary/aromatic N) is 1. The molecule has 0 fully saturated rings. The van der Waals surface area contributed by atoms with Crippen LogP contribution < -0.4 is 5.32 Å². The molecule has 6 nitrogen and oxygen atoms in total. The molecule has 0 unspecified atom stereocenters. The molecule has 2 N–H and O–H groups in total. The quantitative estimate of drug-likeness (QED) is 0.747. The maximum atomic E-state index is 11.4. The van der Waals surface area contributed by atoms with Gasteiger partial charge < -0.3 is 14.9 Å². The Morgan fingerprint density at radius 2 is 2.40 bits per heavy atom. The van der Waals surface area contributed by atoms with Gasteiger partial charge in [-0.3, -0.25) is 4.79 Å². The fourth-order valence-corrected chi connectivity index (χ4v) is 1.11. The Kier molecular flexibility index (Phi) is 3.84. The molecule has 0 spiro atoms. The van der Waals surface area contributed by atoms with E-state index in [1.54, 1.807) is 0 Å². The molecular weight excluding hydrogens is 200 g/mol. The summed E-state index contributed by atoms with van der Waals surface area (Å²) in [6.45, 7) is 1.85. The monoisotopic (exact) mass is 212 g/mol. The number of carboxylic acid groups (broad SMARTS) is 1. The molecule has 1 heterocycles. The van der Waals surface area contributed by atoms with Crippen molar-refractivity contribution in [3.05, 3.63) is 18.0 Å². The molecule has 1 aromatic heterocycles. The molecule has 1 atom stereocenters. The van der Waals surface area contributed by atoms with Crippen LogP contribution in [0.15, 0.2) is 16.9 Å². The number of aromatic nitrogens is 1. The highest BCUT2D eigenvalue weighted by Gasteiger charge is 2.20. The number of nitrogens with one attached hydrogen (secondary N) is 1. The molecule has 82 valence electrons. The molecular formula is C9H12N2O4. The average Bonchev–Trinajstić information content (AvgIpc) is 2.69. The number of carboxylic acids is 1. The van der Waals surface area contributed by atoms with E-state index in [2.05, 4.69) is 15.0 Å². The summed E-state index contributed by atoms with van der Waals surface area (Å²) in [4.78, 5) is 22.1. The van der Waals surface area contributed by atoms with E-state index in [0.29, 0.717) is 12.8 Å². The molecule has 6 heteroatoms. The fraction of sp³-hybridized carbons (Fsp3) is 0.444. The van der Waals surface area contributed by atoms with E-state index in [-0.39, 0.29) is 5.69 Å². The molecule has 0 radical (unpaired) electrons. The van der Waals surface area contributed by atoms with Crippen molar-refractivity contribution in [3.8, 4) is 0 Å². The summed E-state index contributed by atoms with van der Waals surface area (Å²) >= 11 is 0. The minimum atomic E-state index is -1.05. The van der Waals surface area contributed by atoms with E-state index in [1.165, 1.54) is 12.3 Å². The fourth-order valence-electron chi connectivity index (χ4n) is 1.11. The smallest absolute Gasteiger partial charge is 0.326 e. The van der Waals surface area contributed by atoms with Gasteiger partial charge in [-0.05, 0) is 6.42 Å². The molecule has 0 aliphatic carbocycles. The highest BCUT2D eigenvalue weighted by atomic mass is 16.5. The van der Waals surface area contributed by atoms with Gasteiger partial charge >= 0.3 is 5.97 Å². The predicted octanol–water partition coefficient (Wildman–Crippen LogP) is 0.658. The summed E-state index contributed by atoms with van der Waals surface area (Å²) < 4.78 is 4.48.